The fourth-order valence-electron chi connectivity index (χ4n) is 1.81. The first-order valence-corrected chi connectivity index (χ1v) is 6.51. The largest absolute Gasteiger partial charge is 0.318 e. The highest BCUT2D eigenvalue weighted by Crippen LogP contribution is 2.37. The molecule has 0 aliphatic heterocycles. The van der Waals surface area contributed by atoms with Gasteiger partial charge in [0.05, 0.1) is 10.7 Å². The van der Waals surface area contributed by atoms with Gasteiger partial charge in [0.25, 0.3) is 5.91 Å². The lowest BCUT2D eigenvalue weighted by Gasteiger charge is -2.05. The van der Waals surface area contributed by atoms with E-state index in [4.69, 9.17) is 11.6 Å². The van der Waals surface area contributed by atoms with E-state index in [1.807, 2.05) is 13.0 Å². The normalized spacial score (nSPS) is 14.4. The summed E-state index contributed by atoms with van der Waals surface area (Å²) >= 11 is 6.06. The Kier molecular flexibility index (Phi) is 2.98. The number of aromatic amines is 1. The van der Waals surface area contributed by atoms with Crippen molar-refractivity contribution < 1.29 is 4.79 Å². The number of benzene rings is 1. The Morgan fingerprint density at radius 3 is 2.95 bits per heavy atom. The van der Waals surface area contributed by atoms with Crippen LogP contribution in [0.1, 0.15) is 40.8 Å². The number of amides is 1. The van der Waals surface area contributed by atoms with Crippen molar-refractivity contribution >= 4 is 23.2 Å². The molecule has 1 heterocycles. The Morgan fingerprint density at radius 1 is 1.47 bits per heavy atom. The maximum absolute atomic E-state index is 12.0. The van der Waals surface area contributed by atoms with Crippen molar-refractivity contribution in [2.45, 2.75) is 25.7 Å². The Morgan fingerprint density at radius 2 is 2.26 bits per heavy atom. The number of nitrogens with one attached hydrogen (secondary N) is 2. The molecule has 1 aromatic heterocycles. The molecule has 0 spiro atoms. The van der Waals surface area contributed by atoms with Crippen molar-refractivity contribution in [1.82, 2.24) is 15.2 Å². The molecular weight excluding hydrogens is 264 g/mol. The number of H-pyrrole nitrogens is 1. The third-order valence-electron chi connectivity index (χ3n) is 3.04. The summed E-state index contributed by atoms with van der Waals surface area (Å²) in [4.78, 5) is 16.2. The number of hydrogen-bond acceptors (Lipinski definition) is 3. The van der Waals surface area contributed by atoms with Gasteiger partial charge in [-0.05, 0) is 37.5 Å². The van der Waals surface area contributed by atoms with E-state index >= 15 is 0 Å². The van der Waals surface area contributed by atoms with Gasteiger partial charge in [-0.2, -0.15) is 0 Å². The Labute approximate surface area is 115 Å². The van der Waals surface area contributed by atoms with Crippen LogP contribution in [0.4, 0.5) is 5.69 Å². The van der Waals surface area contributed by atoms with Gasteiger partial charge in [0, 0.05) is 5.92 Å². The Hall–Kier alpha value is -1.88. The van der Waals surface area contributed by atoms with E-state index in [9.17, 15) is 4.79 Å². The molecule has 1 aliphatic carbocycles. The number of halogens is 1. The second kappa shape index (κ2) is 4.66. The molecule has 1 saturated carbocycles. The van der Waals surface area contributed by atoms with E-state index in [-0.39, 0.29) is 11.7 Å². The number of carbonyl (C=O) groups excluding carboxylic acids is 1. The SMILES string of the molecule is Cc1ccc(NC(=O)c2n[nH]c(C3CC3)n2)c(Cl)c1. The molecule has 0 unspecified atom stereocenters. The van der Waals surface area contributed by atoms with Crippen LogP contribution in [0.15, 0.2) is 18.2 Å². The molecular formula is C13H13ClN4O. The van der Waals surface area contributed by atoms with Gasteiger partial charge < -0.3 is 5.32 Å². The van der Waals surface area contributed by atoms with Gasteiger partial charge in [0.1, 0.15) is 5.82 Å². The van der Waals surface area contributed by atoms with Gasteiger partial charge >= 0.3 is 0 Å². The van der Waals surface area contributed by atoms with Crippen molar-refractivity contribution in [2.24, 2.45) is 0 Å². The van der Waals surface area contributed by atoms with Crippen LogP contribution in [0.3, 0.4) is 0 Å². The fourth-order valence-corrected chi connectivity index (χ4v) is 2.10. The van der Waals surface area contributed by atoms with Crippen LogP contribution in [0, 0.1) is 6.92 Å². The molecule has 0 radical (unpaired) electrons. The quantitative estimate of drug-likeness (QED) is 0.905. The molecule has 0 saturated heterocycles. The summed E-state index contributed by atoms with van der Waals surface area (Å²) in [6.45, 7) is 1.94. The number of hydrogen-bond donors (Lipinski definition) is 2. The minimum atomic E-state index is -0.353. The van der Waals surface area contributed by atoms with Crippen LogP contribution in [0.25, 0.3) is 0 Å². The third kappa shape index (κ3) is 2.61. The zero-order chi connectivity index (χ0) is 13.4. The van der Waals surface area contributed by atoms with Crippen LogP contribution in [-0.2, 0) is 0 Å². The smallest absolute Gasteiger partial charge is 0.295 e. The van der Waals surface area contributed by atoms with Crippen LogP contribution >= 0.6 is 11.6 Å². The van der Waals surface area contributed by atoms with Crippen molar-refractivity contribution in [3.8, 4) is 0 Å². The topological polar surface area (TPSA) is 70.7 Å². The molecule has 3 rings (SSSR count). The number of carbonyl (C=O) groups is 1. The van der Waals surface area contributed by atoms with E-state index < -0.39 is 0 Å². The predicted octanol–water partition coefficient (Wildman–Crippen LogP) is 2.90. The Balaban J connectivity index is 1.76. The highest BCUT2D eigenvalue weighted by molar-refractivity contribution is 6.33. The molecule has 6 heteroatoms. The van der Waals surface area contributed by atoms with Crippen molar-refractivity contribution in [3.63, 3.8) is 0 Å². The van der Waals surface area contributed by atoms with Crippen molar-refractivity contribution in [3.05, 3.63) is 40.4 Å². The minimum Gasteiger partial charge on any atom is -0.318 e. The summed E-state index contributed by atoms with van der Waals surface area (Å²) in [6.07, 6.45) is 2.22. The molecule has 98 valence electrons. The molecule has 1 fully saturated rings. The first-order chi connectivity index (χ1) is 9.13. The number of aromatic nitrogens is 3. The van der Waals surface area contributed by atoms with E-state index in [0.29, 0.717) is 16.6 Å². The number of nitrogens with zero attached hydrogens (tertiary/aromatic N) is 2. The Bertz CT molecular complexity index is 633. The minimum absolute atomic E-state index is 0.151. The van der Waals surface area contributed by atoms with Gasteiger partial charge in [-0.1, -0.05) is 17.7 Å². The maximum Gasteiger partial charge on any atom is 0.295 e. The van der Waals surface area contributed by atoms with Crippen LogP contribution in [0.5, 0.6) is 0 Å². The average Bonchev–Trinajstić information content (AvgIpc) is 3.10. The summed E-state index contributed by atoms with van der Waals surface area (Å²) in [6, 6.07) is 5.45. The maximum atomic E-state index is 12.0. The highest BCUT2D eigenvalue weighted by atomic mass is 35.5. The summed E-state index contributed by atoms with van der Waals surface area (Å²) in [5.41, 5.74) is 1.60. The molecule has 0 bridgehead atoms. The van der Waals surface area contributed by atoms with E-state index in [1.54, 1.807) is 12.1 Å². The lowest BCUT2D eigenvalue weighted by molar-refractivity contribution is 0.101. The van der Waals surface area contributed by atoms with Gasteiger partial charge in [0.2, 0.25) is 5.82 Å². The van der Waals surface area contributed by atoms with Crippen LogP contribution < -0.4 is 5.32 Å². The van der Waals surface area contributed by atoms with Gasteiger partial charge in [-0.15, -0.1) is 5.10 Å². The number of aryl methyl sites for hydroxylation is 1. The molecule has 0 atom stereocenters. The standard InChI is InChI=1S/C13H13ClN4O/c1-7-2-5-10(9(14)6-7)15-13(19)12-16-11(17-18-12)8-3-4-8/h2,5-6,8H,3-4H2,1H3,(H,15,19)(H,16,17,18). The predicted molar refractivity (Wildman–Crippen MR) is 72.5 cm³/mol. The number of rotatable bonds is 3. The summed E-state index contributed by atoms with van der Waals surface area (Å²) in [5, 5.41) is 9.95. The lowest BCUT2D eigenvalue weighted by atomic mass is 10.2. The van der Waals surface area contributed by atoms with Crippen molar-refractivity contribution in [2.75, 3.05) is 5.32 Å². The molecule has 2 N–H and O–H groups in total. The molecule has 1 aliphatic rings. The van der Waals surface area contributed by atoms with E-state index in [2.05, 4.69) is 20.5 Å². The van der Waals surface area contributed by atoms with E-state index in [0.717, 1.165) is 24.2 Å². The van der Waals surface area contributed by atoms with Crippen LogP contribution in [-0.4, -0.2) is 21.1 Å². The molecule has 2 aromatic rings. The summed E-state index contributed by atoms with van der Waals surface area (Å²) in [7, 11) is 0. The lowest BCUT2D eigenvalue weighted by Crippen LogP contribution is -2.14. The monoisotopic (exact) mass is 276 g/mol. The third-order valence-corrected chi connectivity index (χ3v) is 3.36. The zero-order valence-corrected chi connectivity index (χ0v) is 11.2. The van der Waals surface area contributed by atoms with Gasteiger partial charge in [-0.25, -0.2) is 4.98 Å². The number of anilines is 1. The molecule has 5 nitrogen and oxygen atoms in total. The first kappa shape index (κ1) is 12.2. The van der Waals surface area contributed by atoms with Crippen molar-refractivity contribution in [1.29, 1.82) is 0 Å². The average molecular weight is 277 g/mol. The highest BCUT2D eigenvalue weighted by Gasteiger charge is 2.28. The van der Waals surface area contributed by atoms with Gasteiger partial charge in [0.15, 0.2) is 0 Å². The second-order valence-electron chi connectivity index (χ2n) is 4.76. The second-order valence-corrected chi connectivity index (χ2v) is 5.16. The molecule has 19 heavy (non-hydrogen) atoms. The summed E-state index contributed by atoms with van der Waals surface area (Å²) in [5.74, 6) is 1.03. The fraction of sp³-hybridized carbons (Fsp3) is 0.308. The van der Waals surface area contributed by atoms with E-state index in [1.165, 1.54) is 0 Å². The summed E-state index contributed by atoms with van der Waals surface area (Å²) < 4.78 is 0. The first-order valence-electron chi connectivity index (χ1n) is 6.13. The zero-order valence-electron chi connectivity index (χ0n) is 10.4. The van der Waals surface area contributed by atoms with Gasteiger partial charge in [-0.3, -0.25) is 9.89 Å². The molecule has 1 aromatic carbocycles. The van der Waals surface area contributed by atoms with Crippen LogP contribution in [0.2, 0.25) is 5.02 Å². The molecule has 1 amide bonds.